The van der Waals surface area contributed by atoms with Crippen molar-refractivity contribution in [2.75, 3.05) is 12.9 Å². The topological polar surface area (TPSA) is 39.9 Å². The largest absolute Gasteiger partial charge is 0.495 e. The van der Waals surface area contributed by atoms with E-state index in [2.05, 4.69) is 16.8 Å². The van der Waals surface area contributed by atoms with Gasteiger partial charge in [-0.1, -0.05) is 42.1 Å². The fourth-order valence-electron chi connectivity index (χ4n) is 1.46. The third kappa shape index (κ3) is 2.86. The number of para-hydroxylation sites is 2. The highest BCUT2D eigenvalue weighted by atomic mass is 35.5. The Morgan fingerprint density at radius 3 is 3.00 bits per heavy atom. The van der Waals surface area contributed by atoms with Crippen molar-refractivity contribution in [3.05, 3.63) is 42.2 Å². The molecule has 6 heteroatoms. The lowest BCUT2D eigenvalue weighted by atomic mass is 10.3. The molecular weight excluding hydrogens is 270 g/mol. The first-order valence-electron chi connectivity index (χ1n) is 5.22. The molecule has 1 aromatic carbocycles. The fourth-order valence-corrected chi connectivity index (χ4v) is 2.30. The molecule has 0 aliphatic heterocycles. The summed E-state index contributed by atoms with van der Waals surface area (Å²) in [5.74, 6) is 1.36. The van der Waals surface area contributed by atoms with E-state index in [0.29, 0.717) is 10.8 Å². The zero-order chi connectivity index (χ0) is 13.0. The number of halogens is 1. The predicted octanol–water partition coefficient (Wildman–Crippen LogP) is 3.12. The number of thioether (sulfide) groups is 1. The first-order valence-corrected chi connectivity index (χ1v) is 6.58. The number of aromatic nitrogens is 3. The SMILES string of the molecule is C=C(Cl)CSc1nncn1-c1ccccc1OC. The van der Waals surface area contributed by atoms with Crippen LogP contribution in [-0.4, -0.2) is 27.6 Å². The summed E-state index contributed by atoms with van der Waals surface area (Å²) < 4.78 is 7.18. The Labute approximate surface area is 115 Å². The number of ether oxygens (including phenoxy) is 1. The van der Waals surface area contributed by atoms with Gasteiger partial charge in [-0.3, -0.25) is 4.57 Å². The zero-order valence-electron chi connectivity index (χ0n) is 9.84. The third-order valence-corrected chi connectivity index (χ3v) is 3.54. The van der Waals surface area contributed by atoms with Gasteiger partial charge in [-0.05, 0) is 12.1 Å². The molecule has 0 saturated carbocycles. The van der Waals surface area contributed by atoms with Crippen LogP contribution in [0.2, 0.25) is 0 Å². The van der Waals surface area contributed by atoms with Gasteiger partial charge in [-0.25, -0.2) is 0 Å². The van der Waals surface area contributed by atoms with Crippen molar-refractivity contribution in [1.29, 1.82) is 0 Å². The lowest BCUT2D eigenvalue weighted by Crippen LogP contribution is -1.98. The minimum absolute atomic E-state index is 0.578. The van der Waals surface area contributed by atoms with E-state index in [-0.39, 0.29) is 0 Å². The van der Waals surface area contributed by atoms with E-state index in [4.69, 9.17) is 16.3 Å². The number of rotatable bonds is 5. The summed E-state index contributed by atoms with van der Waals surface area (Å²) in [6, 6.07) is 7.69. The highest BCUT2D eigenvalue weighted by Crippen LogP contribution is 2.27. The Morgan fingerprint density at radius 1 is 1.50 bits per heavy atom. The molecule has 94 valence electrons. The van der Waals surface area contributed by atoms with Crippen LogP contribution in [0, 0.1) is 0 Å². The molecule has 0 N–H and O–H groups in total. The summed E-state index contributed by atoms with van der Waals surface area (Å²) in [6.45, 7) is 3.65. The molecule has 0 atom stereocenters. The molecule has 4 nitrogen and oxygen atoms in total. The molecule has 0 radical (unpaired) electrons. The van der Waals surface area contributed by atoms with Gasteiger partial charge in [-0.15, -0.1) is 10.2 Å². The Morgan fingerprint density at radius 2 is 2.28 bits per heavy atom. The molecule has 0 unspecified atom stereocenters. The molecule has 0 aliphatic carbocycles. The Balaban J connectivity index is 2.33. The van der Waals surface area contributed by atoms with Gasteiger partial charge in [0.1, 0.15) is 12.1 Å². The van der Waals surface area contributed by atoms with Gasteiger partial charge in [0.2, 0.25) is 0 Å². The van der Waals surface area contributed by atoms with Crippen molar-refractivity contribution >= 4 is 23.4 Å². The number of benzene rings is 1. The normalized spacial score (nSPS) is 10.3. The first-order chi connectivity index (χ1) is 8.72. The van der Waals surface area contributed by atoms with Crippen molar-refractivity contribution in [3.8, 4) is 11.4 Å². The summed E-state index contributed by atoms with van der Waals surface area (Å²) in [7, 11) is 1.64. The van der Waals surface area contributed by atoms with E-state index in [1.165, 1.54) is 11.8 Å². The summed E-state index contributed by atoms with van der Waals surface area (Å²) in [5, 5.41) is 9.31. The Bertz CT molecular complexity index is 556. The summed E-state index contributed by atoms with van der Waals surface area (Å²) in [6.07, 6.45) is 1.65. The van der Waals surface area contributed by atoms with E-state index in [0.717, 1.165) is 16.6 Å². The van der Waals surface area contributed by atoms with Crippen LogP contribution in [0.4, 0.5) is 0 Å². The summed E-state index contributed by atoms with van der Waals surface area (Å²) >= 11 is 7.23. The van der Waals surface area contributed by atoms with Crippen molar-refractivity contribution in [2.45, 2.75) is 5.16 Å². The molecule has 1 aromatic heterocycles. The number of methoxy groups -OCH3 is 1. The lowest BCUT2D eigenvalue weighted by Gasteiger charge is -2.10. The number of hydrogen-bond donors (Lipinski definition) is 0. The van der Waals surface area contributed by atoms with Crippen molar-refractivity contribution in [3.63, 3.8) is 0 Å². The molecule has 2 rings (SSSR count). The standard InChI is InChI=1S/C12H12ClN3OS/c1-9(13)7-18-12-15-14-8-16(12)10-5-3-4-6-11(10)17-2/h3-6,8H,1,7H2,2H3. The van der Waals surface area contributed by atoms with Gasteiger partial charge < -0.3 is 4.74 Å². The maximum absolute atomic E-state index is 5.75. The van der Waals surface area contributed by atoms with E-state index in [1.54, 1.807) is 13.4 Å². The summed E-state index contributed by atoms with van der Waals surface area (Å²) in [5.41, 5.74) is 0.896. The van der Waals surface area contributed by atoms with Crippen LogP contribution in [-0.2, 0) is 0 Å². The maximum atomic E-state index is 5.75. The van der Waals surface area contributed by atoms with Crippen LogP contribution >= 0.6 is 23.4 Å². The highest BCUT2D eigenvalue weighted by molar-refractivity contribution is 7.99. The molecule has 18 heavy (non-hydrogen) atoms. The minimum atomic E-state index is 0.578. The van der Waals surface area contributed by atoms with Gasteiger partial charge in [0.05, 0.1) is 12.8 Å². The maximum Gasteiger partial charge on any atom is 0.196 e. The quantitative estimate of drug-likeness (QED) is 0.790. The van der Waals surface area contributed by atoms with Gasteiger partial charge >= 0.3 is 0 Å². The second-order valence-electron chi connectivity index (χ2n) is 3.46. The molecule has 2 aromatic rings. The monoisotopic (exact) mass is 281 g/mol. The van der Waals surface area contributed by atoms with Crippen LogP contribution in [0.25, 0.3) is 5.69 Å². The van der Waals surface area contributed by atoms with Gasteiger partial charge in [0, 0.05) is 10.8 Å². The average Bonchev–Trinajstić information content (AvgIpc) is 2.84. The van der Waals surface area contributed by atoms with Crippen molar-refractivity contribution in [1.82, 2.24) is 14.8 Å². The Kier molecular flexibility index (Phi) is 4.28. The Hall–Kier alpha value is -1.46. The van der Waals surface area contributed by atoms with Crippen LogP contribution < -0.4 is 4.74 Å². The molecule has 0 amide bonds. The molecule has 1 heterocycles. The molecule has 0 saturated heterocycles. The molecule has 0 bridgehead atoms. The molecule has 0 aliphatic rings. The number of nitrogens with zero attached hydrogens (tertiary/aromatic N) is 3. The predicted molar refractivity (Wildman–Crippen MR) is 73.6 cm³/mol. The highest BCUT2D eigenvalue weighted by Gasteiger charge is 2.10. The van der Waals surface area contributed by atoms with E-state index in [1.807, 2.05) is 28.8 Å². The van der Waals surface area contributed by atoms with Gasteiger partial charge in [0.25, 0.3) is 0 Å². The van der Waals surface area contributed by atoms with Crippen molar-refractivity contribution in [2.24, 2.45) is 0 Å². The molecular formula is C12H12ClN3OS. The van der Waals surface area contributed by atoms with Crippen molar-refractivity contribution < 1.29 is 4.74 Å². The minimum Gasteiger partial charge on any atom is -0.495 e. The van der Waals surface area contributed by atoms with Crippen LogP contribution in [0.5, 0.6) is 5.75 Å². The molecule has 0 spiro atoms. The van der Waals surface area contributed by atoms with Crippen LogP contribution in [0.15, 0.2) is 47.4 Å². The van der Waals surface area contributed by atoms with Crippen LogP contribution in [0.1, 0.15) is 0 Å². The first kappa shape index (κ1) is 13.0. The van der Waals surface area contributed by atoms with E-state index >= 15 is 0 Å². The fraction of sp³-hybridized carbons (Fsp3) is 0.167. The van der Waals surface area contributed by atoms with E-state index < -0.39 is 0 Å². The molecule has 0 fully saturated rings. The van der Waals surface area contributed by atoms with E-state index in [9.17, 15) is 0 Å². The summed E-state index contributed by atoms with van der Waals surface area (Å²) in [4.78, 5) is 0. The smallest absolute Gasteiger partial charge is 0.196 e. The van der Waals surface area contributed by atoms with Crippen LogP contribution in [0.3, 0.4) is 0 Å². The second kappa shape index (κ2) is 5.93. The van der Waals surface area contributed by atoms with Gasteiger partial charge in [0.15, 0.2) is 5.16 Å². The average molecular weight is 282 g/mol. The second-order valence-corrected chi connectivity index (χ2v) is 4.94. The lowest BCUT2D eigenvalue weighted by molar-refractivity contribution is 0.412. The number of hydrogen-bond acceptors (Lipinski definition) is 4. The zero-order valence-corrected chi connectivity index (χ0v) is 11.4. The van der Waals surface area contributed by atoms with Gasteiger partial charge in [-0.2, -0.15) is 0 Å². The third-order valence-electron chi connectivity index (χ3n) is 2.22.